The predicted molar refractivity (Wildman–Crippen MR) is 57.5 cm³/mol. The van der Waals surface area contributed by atoms with Gasteiger partial charge in [-0.2, -0.15) is 11.8 Å². The van der Waals surface area contributed by atoms with E-state index < -0.39 is 0 Å². The van der Waals surface area contributed by atoms with Crippen LogP contribution in [0.1, 0.15) is 40.0 Å². The molecule has 0 aliphatic heterocycles. The van der Waals surface area contributed by atoms with Gasteiger partial charge in [-0.3, -0.25) is 0 Å². The first-order valence-electron chi connectivity index (χ1n) is 4.92. The Morgan fingerprint density at radius 1 is 1.50 bits per heavy atom. The van der Waals surface area contributed by atoms with E-state index in [0.29, 0.717) is 16.7 Å². The Hall–Kier alpha value is 0.310. The van der Waals surface area contributed by atoms with Crippen molar-refractivity contribution in [1.82, 2.24) is 0 Å². The van der Waals surface area contributed by atoms with Gasteiger partial charge in [0.15, 0.2) is 0 Å². The van der Waals surface area contributed by atoms with Gasteiger partial charge in [0.1, 0.15) is 0 Å². The Morgan fingerprint density at radius 3 is 2.75 bits per heavy atom. The topological polar surface area (TPSA) is 26.0 Å². The van der Waals surface area contributed by atoms with Crippen molar-refractivity contribution in [2.45, 2.75) is 51.3 Å². The average Bonchev–Trinajstić information content (AvgIpc) is 1.97. The summed E-state index contributed by atoms with van der Waals surface area (Å²) in [6.07, 6.45) is 3.81. The fourth-order valence-corrected chi connectivity index (χ4v) is 3.32. The summed E-state index contributed by atoms with van der Waals surface area (Å²) in [5.41, 5.74) is 6.60. The average molecular weight is 187 g/mol. The Kier molecular flexibility index (Phi) is 3.47. The first-order valence-corrected chi connectivity index (χ1v) is 5.97. The molecule has 0 amide bonds. The molecule has 2 N–H and O–H groups in total. The van der Waals surface area contributed by atoms with Crippen molar-refractivity contribution in [3.63, 3.8) is 0 Å². The SMILES string of the molecule is CCSC1CC(C)(C)CCC1N. The van der Waals surface area contributed by atoms with Crippen LogP contribution in [0.4, 0.5) is 0 Å². The zero-order valence-corrected chi connectivity index (χ0v) is 9.29. The van der Waals surface area contributed by atoms with E-state index >= 15 is 0 Å². The van der Waals surface area contributed by atoms with E-state index in [1.165, 1.54) is 25.0 Å². The first-order chi connectivity index (χ1) is 5.55. The molecule has 2 heteroatoms. The van der Waals surface area contributed by atoms with Gasteiger partial charge in [0, 0.05) is 11.3 Å². The van der Waals surface area contributed by atoms with Crippen LogP contribution in [0.25, 0.3) is 0 Å². The van der Waals surface area contributed by atoms with Gasteiger partial charge in [-0.15, -0.1) is 0 Å². The number of hydrogen-bond donors (Lipinski definition) is 1. The third kappa shape index (κ3) is 2.67. The van der Waals surface area contributed by atoms with Crippen LogP contribution in [0.3, 0.4) is 0 Å². The molecule has 1 rings (SSSR count). The van der Waals surface area contributed by atoms with Crippen molar-refractivity contribution in [1.29, 1.82) is 0 Å². The second-order valence-electron chi connectivity index (χ2n) is 4.56. The fraction of sp³-hybridized carbons (Fsp3) is 1.00. The molecule has 1 aliphatic rings. The van der Waals surface area contributed by atoms with Crippen LogP contribution < -0.4 is 5.73 Å². The number of thioether (sulfide) groups is 1. The lowest BCUT2D eigenvalue weighted by Crippen LogP contribution is -2.41. The van der Waals surface area contributed by atoms with Crippen molar-refractivity contribution in [3.05, 3.63) is 0 Å². The summed E-state index contributed by atoms with van der Waals surface area (Å²) in [5, 5.41) is 0.707. The molecule has 1 saturated carbocycles. The van der Waals surface area contributed by atoms with E-state index in [0.717, 1.165) is 0 Å². The molecule has 0 bridgehead atoms. The molecule has 0 radical (unpaired) electrons. The molecule has 12 heavy (non-hydrogen) atoms. The van der Waals surface area contributed by atoms with Gasteiger partial charge < -0.3 is 5.73 Å². The first kappa shape index (κ1) is 10.4. The molecular formula is C10H21NS. The zero-order valence-electron chi connectivity index (χ0n) is 8.47. The van der Waals surface area contributed by atoms with Crippen molar-refractivity contribution in [3.8, 4) is 0 Å². The Morgan fingerprint density at radius 2 is 2.17 bits per heavy atom. The quantitative estimate of drug-likeness (QED) is 0.719. The molecule has 2 atom stereocenters. The predicted octanol–water partition coefficient (Wildman–Crippen LogP) is 2.65. The second kappa shape index (κ2) is 4.01. The third-order valence-corrected chi connectivity index (χ3v) is 4.04. The van der Waals surface area contributed by atoms with E-state index in [4.69, 9.17) is 5.73 Å². The molecule has 0 aromatic heterocycles. The highest BCUT2D eigenvalue weighted by Crippen LogP contribution is 2.39. The van der Waals surface area contributed by atoms with Crippen LogP contribution in [0.5, 0.6) is 0 Å². The molecule has 0 aromatic carbocycles. The lowest BCUT2D eigenvalue weighted by molar-refractivity contribution is 0.232. The van der Waals surface area contributed by atoms with Gasteiger partial charge >= 0.3 is 0 Å². The molecule has 0 saturated heterocycles. The minimum absolute atomic E-state index is 0.447. The summed E-state index contributed by atoms with van der Waals surface area (Å²) >= 11 is 2.04. The minimum atomic E-state index is 0.447. The Bertz CT molecular complexity index is 145. The van der Waals surface area contributed by atoms with Gasteiger partial charge in [-0.05, 0) is 30.4 Å². The minimum Gasteiger partial charge on any atom is -0.327 e. The lowest BCUT2D eigenvalue weighted by atomic mass is 9.75. The van der Waals surface area contributed by atoms with Crippen LogP contribution in [-0.4, -0.2) is 17.0 Å². The smallest absolute Gasteiger partial charge is 0.0203 e. The van der Waals surface area contributed by atoms with E-state index in [1.807, 2.05) is 11.8 Å². The van der Waals surface area contributed by atoms with Gasteiger partial charge in [0.2, 0.25) is 0 Å². The molecule has 2 unspecified atom stereocenters. The molecule has 0 heterocycles. The molecule has 1 nitrogen and oxygen atoms in total. The molecule has 0 aromatic rings. The summed E-state index contributed by atoms with van der Waals surface area (Å²) in [4.78, 5) is 0. The summed E-state index contributed by atoms with van der Waals surface area (Å²) in [6, 6.07) is 0.447. The number of nitrogens with two attached hydrogens (primary N) is 1. The monoisotopic (exact) mass is 187 g/mol. The van der Waals surface area contributed by atoms with E-state index in [-0.39, 0.29) is 0 Å². The molecule has 72 valence electrons. The molecule has 1 aliphatic carbocycles. The maximum atomic E-state index is 6.07. The maximum absolute atomic E-state index is 6.07. The third-order valence-electron chi connectivity index (χ3n) is 2.77. The molecule has 1 fully saturated rings. The van der Waals surface area contributed by atoms with Crippen LogP contribution in [0.15, 0.2) is 0 Å². The normalized spacial score (nSPS) is 35.0. The van der Waals surface area contributed by atoms with Crippen molar-refractivity contribution < 1.29 is 0 Å². The van der Waals surface area contributed by atoms with Crippen molar-refractivity contribution in [2.24, 2.45) is 11.1 Å². The second-order valence-corrected chi connectivity index (χ2v) is 6.08. The maximum Gasteiger partial charge on any atom is 0.0203 e. The largest absolute Gasteiger partial charge is 0.327 e. The van der Waals surface area contributed by atoms with E-state index in [1.54, 1.807) is 0 Å². The van der Waals surface area contributed by atoms with E-state index in [9.17, 15) is 0 Å². The zero-order chi connectivity index (χ0) is 9.19. The van der Waals surface area contributed by atoms with Gasteiger partial charge in [-0.25, -0.2) is 0 Å². The van der Waals surface area contributed by atoms with Gasteiger partial charge in [-0.1, -0.05) is 20.8 Å². The van der Waals surface area contributed by atoms with Crippen LogP contribution in [0, 0.1) is 5.41 Å². The highest BCUT2D eigenvalue weighted by Gasteiger charge is 2.32. The molecule has 0 spiro atoms. The fourth-order valence-electron chi connectivity index (χ4n) is 1.94. The summed E-state index contributed by atoms with van der Waals surface area (Å²) < 4.78 is 0. The Balaban J connectivity index is 2.47. The van der Waals surface area contributed by atoms with Crippen molar-refractivity contribution in [2.75, 3.05) is 5.75 Å². The van der Waals surface area contributed by atoms with Crippen molar-refractivity contribution >= 4 is 11.8 Å². The summed E-state index contributed by atoms with van der Waals surface area (Å²) in [5.74, 6) is 1.20. The highest BCUT2D eigenvalue weighted by molar-refractivity contribution is 7.99. The van der Waals surface area contributed by atoms with Crippen LogP contribution >= 0.6 is 11.8 Å². The lowest BCUT2D eigenvalue weighted by Gasteiger charge is -2.38. The van der Waals surface area contributed by atoms with Crippen LogP contribution in [0.2, 0.25) is 0 Å². The number of rotatable bonds is 2. The number of hydrogen-bond acceptors (Lipinski definition) is 2. The highest BCUT2D eigenvalue weighted by atomic mass is 32.2. The van der Waals surface area contributed by atoms with Gasteiger partial charge in [0.25, 0.3) is 0 Å². The Labute approximate surface area is 80.5 Å². The summed E-state index contributed by atoms with van der Waals surface area (Å²) in [7, 11) is 0. The van der Waals surface area contributed by atoms with E-state index in [2.05, 4.69) is 20.8 Å². The standard InChI is InChI=1S/C10H21NS/c1-4-12-9-7-10(2,3)6-5-8(9)11/h8-9H,4-7,11H2,1-3H3. The van der Waals surface area contributed by atoms with Gasteiger partial charge in [0.05, 0.1) is 0 Å². The molecular weight excluding hydrogens is 166 g/mol. The summed E-state index contributed by atoms with van der Waals surface area (Å²) in [6.45, 7) is 6.95. The van der Waals surface area contributed by atoms with Crippen LogP contribution in [-0.2, 0) is 0 Å².